The van der Waals surface area contributed by atoms with Gasteiger partial charge in [0.15, 0.2) is 0 Å². The lowest BCUT2D eigenvalue weighted by molar-refractivity contribution is -0.384. The molecule has 0 radical (unpaired) electrons. The number of amides is 2. The third-order valence-corrected chi connectivity index (χ3v) is 5.22. The second kappa shape index (κ2) is 10.2. The van der Waals surface area contributed by atoms with Gasteiger partial charge in [0.1, 0.15) is 0 Å². The minimum absolute atomic E-state index is 0.0608. The van der Waals surface area contributed by atoms with Crippen LogP contribution in [0, 0.1) is 10.1 Å². The topological polar surface area (TPSA) is 140 Å². The van der Waals surface area contributed by atoms with E-state index in [2.05, 4.69) is 15.5 Å². The number of nitrogens with zero attached hydrogens (tertiary/aromatic N) is 2. The third kappa shape index (κ3) is 5.21. The Balaban J connectivity index is 1.94. The van der Waals surface area contributed by atoms with E-state index in [1.807, 2.05) is 13.8 Å². The summed E-state index contributed by atoms with van der Waals surface area (Å²) in [4.78, 5) is 37.9. The lowest BCUT2D eigenvalue weighted by atomic mass is 10.1. The molecule has 1 aliphatic heterocycles. The quantitative estimate of drug-likeness (QED) is 0.442. The van der Waals surface area contributed by atoms with Crippen molar-refractivity contribution in [3.63, 3.8) is 0 Å². The number of rotatable bonds is 7. The summed E-state index contributed by atoms with van der Waals surface area (Å²) in [6.07, 6.45) is 0. The van der Waals surface area contributed by atoms with E-state index in [1.54, 1.807) is 18.2 Å². The molecule has 10 heteroatoms. The van der Waals surface area contributed by atoms with Crippen LogP contribution in [0.3, 0.4) is 0 Å². The highest BCUT2D eigenvalue weighted by molar-refractivity contribution is 6.07. The number of carbonyl (C=O) groups excluding carboxylic acids is 2. The predicted octanol–water partition coefficient (Wildman–Crippen LogP) is 2.15. The summed E-state index contributed by atoms with van der Waals surface area (Å²) >= 11 is 0. The molecular weight excluding hydrogens is 414 g/mol. The largest absolute Gasteiger partial charge is 0.377 e. The standard InChI is InChI=1S/C22H27N5O5/c1-14-12-32-13-15(2)26(14)20-8-5-17(21(28)24-10-9-23)11-19(20)25-22(29)16-3-6-18(7-4-16)27(30)31/h3-8,11,14-15H,9-10,12-13,23H2,1-2H3,(H,24,28)(H,25,29). The number of ether oxygens (including phenoxy) is 1. The zero-order valence-electron chi connectivity index (χ0n) is 18.0. The summed E-state index contributed by atoms with van der Waals surface area (Å²) < 4.78 is 5.61. The molecule has 1 heterocycles. The molecule has 0 aromatic heterocycles. The molecule has 2 atom stereocenters. The molecule has 32 heavy (non-hydrogen) atoms. The average molecular weight is 441 g/mol. The van der Waals surface area contributed by atoms with Crippen LogP contribution < -0.4 is 21.3 Å². The lowest BCUT2D eigenvalue weighted by Gasteiger charge is -2.41. The van der Waals surface area contributed by atoms with Gasteiger partial charge in [0.2, 0.25) is 0 Å². The van der Waals surface area contributed by atoms with Crippen molar-refractivity contribution in [2.24, 2.45) is 5.73 Å². The van der Waals surface area contributed by atoms with Crippen LogP contribution in [0.2, 0.25) is 0 Å². The number of anilines is 2. The molecule has 3 rings (SSSR count). The van der Waals surface area contributed by atoms with Gasteiger partial charge in [0.25, 0.3) is 17.5 Å². The van der Waals surface area contributed by atoms with Gasteiger partial charge in [-0.2, -0.15) is 0 Å². The molecule has 2 unspecified atom stereocenters. The van der Waals surface area contributed by atoms with Crippen molar-refractivity contribution in [2.75, 3.05) is 36.5 Å². The maximum absolute atomic E-state index is 12.9. The minimum atomic E-state index is -0.523. The summed E-state index contributed by atoms with van der Waals surface area (Å²) in [6, 6.07) is 10.6. The number of nitrogens with one attached hydrogen (secondary N) is 2. The minimum Gasteiger partial charge on any atom is -0.377 e. The van der Waals surface area contributed by atoms with Crippen LogP contribution in [0.4, 0.5) is 17.1 Å². The van der Waals surface area contributed by atoms with Crippen LogP contribution in [0.15, 0.2) is 42.5 Å². The predicted molar refractivity (Wildman–Crippen MR) is 121 cm³/mol. The molecule has 0 aliphatic carbocycles. The van der Waals surface area contributed by atoms with Gasteiger partial charge in [-0.15, -0.1) is 0 Å². The highest BCUT2D eigenvalue weighted by Crippen LogP contribution is 2.32. The van der Waals surface area contributed by atoms with Crippen LogP contribution in [-0.4, -0.2) is 55.1 Å². The molecule has 2 amide bonds. The van der Waals surface area contributed by atoms with Crippen molar-refractivity contribution in [3.8, 4) is 0 Å². The molecule has 0 bridgehead atoms. The second-order valence-electron chi connectivity index (χ2n) is 7.68. The average Bonchev–Trinajstić information content (AvgIpc) is 2.78. The summed E-state index contributed by atoms with van der Waals surface area (Å²) in [5, 5.41) is 16.5. The SMILES string of the molecule is CC1COCC(C)N1c1ccc(C(=O)NCCN)cc1NC(=O)c1ccc([N+](=O)[O-])cc1. The van der Waals surface area contributed by atoms with Gasteiger partial charge in [0, 0.05) is 48.4 Å². The second-order valence-corrected chi connectivity index (χ2v) is 7.68. The van der Waals surface area contributed by atoms with E-state index in [9.17, 15) is 19.7 Å². The van der Waals surface area contributed by atoms with Gasteiger partial charge in [-0.3, -0.25) is 19.7 Å². The smallest absolute Gasteiger partial charge is 0.269 e. The van der Waals surface area contributed by atoms with E-state index >= 15 is 0 Å². The monoisotopic (exact) mass is 441 g/mol. The molecule has 2 aromatic carbocycles. The van der Waals surface area contributed by atoms with Gasteiger partial charge >= 0.3 is 0 Å². The van der Waals surface area contributed by atoms with Gasteiger partial charge in [-0.25, -0.2) is 0 Å². The molecule has 1 fully saturated rings. The summed E-state index contributed by atoms with van der Waals surface area (Å²) in [6.45, 7) is 5.79. The Morgan fingerprint density at radius 3 is 2.31 bits per heavy atom. The number of non-ortho nitro benzene ring substituents is 1. The van der Waals surface area contributed by atoms with Crippen molar-refractivity contribution in [2.45, 2.75) is 25.9 Å². The fourth-order valence-corrected chi connectivity index (χ4v) is 3.70. The number of benzene rings is 2. The van der Waals surface area contributed by atoms with Crippen LogP contribution in [-0.2, 0) is 4.74 Å². The maximum Gasteiger partial charge on any atom is 0.269 e. The van der Waals surface area contributed by atoms with Crippen molar-refractivity contribution in [1.82, 2.24) is 5.32 Å². The van der Waals surface area contributed by atoms with Crippen LogP contribution in [0.1, 0.15) is 34.6 Å². The Kier molecular flexibility index (Phi) is 7.39. The van der Waals surface area contributed by atoms with E-state index in [4.69, 9.17) is 10.5 Å². The van der Waals surface area contributed by atoms with Gasteiger partial charge in [0.05, 0.1) is 29.5 Å². The lowest BCUT2D eigenvalue weighted by Crippen LogP contribution is -2.50. The van der Waals surface area contributed by atoms with E-state index in [0.717, 1.165) is 5.69 Å². The Labute approximate surface area is 185 Å². The Bertz CT molecular complexity index is 985. The van der Waals surface area contributed by atoms with Gasteiger partial charge in [-0.05, 0) is 44.2 Å². The first-order valence-corrected chi connectivity index (χ1v) is 10.4. The van der Waals surface area contributed by atoms with Crippen LogP contribution in [0.5, 0.6) is 0 Å². The van der Waals surface area contributed by atoms with Crippen LogP contribution >= 0.6 is 0 Å². The molecule has 1 aliphatic rings. The van der Waals surface area contributed by atoms with E-state index in [-0.39, 0.29) is 29.2 Å². The first-order chi connectivity index (χ1) is 15.3. The van der Waals surface area contributed by atoms with Gasteiger partial charge < -0.3 is 26.0 Å². The number of carbonyl (C=O) groups is 2. The molecule has 4 N–H and O–H groups in total. The molecule has 170 valence electrons. The fourth-order valence-electron chi connectivity index (χ4n) is 3.70. The summed E-state index contributed by atoms with van der Waals surface area (Å²) in [5.41, 5.74) is 7.24. The number of nitrogens with two attached hydrogens (primary N) is 1. The zero-order valence-corrected chi connectivity index (χ0v) is 18.0. The highest BCUT2D eigenvalue weighted by atomic mass is 16.6. The van der Waals surface area contributed by atoms with E-state index in [1.165, 1.54) is 24.3 Å². The van der Waals surface area contributed by atoms with E-state index in [0.29, 0.717) is 37.6 Å². The van der Waals surface area contributed by atoms with Crippen molar-refractivity contribution in [1.29, 1.82) is 0 Å². The Hall–Kier alpha value is -3.50. The van der Waals surface area contributed by atoms with E-state index < -0.39 is 10.8 Å². The number of hydrogen-bond acceptors (Lipinski definition) is 7. The summed E-state index contributed by atoms with van der Waals surface area (Å²) in [7, 11) is 0. The molecular formula is C22H27N5O5. The van der Waals surface area contributed by atoms with Gasteiger partial charge in [-0.1, -0.05) is 0 Å². The highest BCUT2D eigenvalue weighted by Gasteiger charge is 2.28. The molecule has 2 aromatic rings. The maximum atomic E-state index is 12.9. The number of morpholine rings is 1. The number of nitro groups is 1. The summed E-state index contributed by atoms with van der Waals surface area (Å²) in [5.74, 6) is -0.731. The third-order valence-electron chi connectivity index (χ3n) is 5.22. The molecule has 0 spiro atoms. The zero-order chi connectivity index (χ0) is 23.3. The first kappa shape index (κ1) is 23.2. The number of hydrogen-bond donors (Lipinski definition) is 3. The van der Waals surface area contributed by atoms with Crippen molar-refractivity contribution >= 4 is 28.9 Å². The Morgan fingerprint density at radius 2 is 1.72 bits per heavy atom. The molecule has 10 nitrogen and oxygen atoms in total. The fraction of sp³-hybridized carbons (Fsp3) is 0.364. The molecule has 0 saturated carbocycles. The number of nitro benzene ring substituents is 1. The molecule has 1 saturated heterocycles. The van der Waals surface area contributed by atoms with Crippen molar-refractivity contribution < 1.29 is 19.2 Å². The normalized spacial score (nSPS) is 18.2. The van der Waals surface area contributed by atoms with Crippen molar-refractivity contribution in [3.05, 3.63) is 63.7 Å². The Morgan fingerprint density at radius 1 is 1.09 bits per heavy atom. The first-order valence-electron chi connectivity index (χ1n) is 10.4. The van der Waals surface area contributed by atoms with Crippen LogP contribution in [0.25, 0.3) is 0 Å².